The van der Waals surface area contributed by atoms with Crippen molar-refractivity contribution in [1.82, 2.24) is 9.80 Å². The van der Waals surface area contributed by atoms with Gasteiger partial charge in [0, 0.05) is 18.5 Å². The van der Waals surface area contributed by atoms with E-state index in [1.54, 1.807) is 0 Å². The van der Waals surface area contributed by atoms with Crippen molar-refractivity contribution in [2.45, 2.75) is 62.8 Å². The van der Waals surface area contributed by atoms with Gasteiger partial charge in [-0.15, -0.1) is 0 Å². The number of halogens is 1. The highest BCUT2D eigenvalue weighted by atomic mass is 127. The molecule has 4 heteroatoms. The second kappa shape index (κ2) is 6.96. The van der Waals surface area contributed by atoms with Gasteiger partial charge in [0.2, 0.25) is 5.91 Å². The molecule has 0 N–H and O–H groups in total. The van der Waals surface area contributed by atoms with Gasteiger partial charge in [0.05, 0.1) is 4.05 Å². The molecule has 1 aliphatic carbocycles. The van der Waals surface area contributed by atoms with Crippen LogP contribution in [0.2, 0.25) is 0 Å². The summed E-state index contributed by atoms with van der Waals surface area (Å²) in [5, 5.41) is 0. The molecular weight excluding hydrogens is 387 g/mol. The number of amides is 1. The van der Waals surface area contributed by atoms with Crippen molar-refractivity contribution in [3.05, 3.63) is 0 Å². The van der Waals surface area contributed by atoms with Gasteiger partial charge >= 0.3 is 0 Å². The van der Waals surface area contributed by atoms with E-state index in [0.717, 1.165) is 37.8 Å². The second-order valence-electron chi connectivity index (χ2n) is 7.99. The molecule has 1 atom stereocenters. The summed E-state index contributed by atoms with van der Waals surface area (Å²) in [6.45, 7) is 9.04. The number of nitrogens with zero attached hydrogens (tertiary/aromatic N) is 2. The summed E-state index contributed by atoms with van der Waals surface area (Å²) in [6.07, 6.45) is 8.68. The molecule has 3 nitrogen and oxygen atoms in total. The lowest BCUT2D eigenvalue weighted by molar-refractivity contribution is -0.147. The lowest BCUT2D eigenvalue weighted by atomic mass is 9.69. The highest BCUT2D eigenvalue weighted by molar-refractivity contribution is 14.1. The van der Waals surface area contributed by atoms with Crippen LogP contribution >= 0.6 is 22.6 Å². The van der Waals surface area contributed by atoms with Crippen LogP contribution in [-0.2, 0) is 4.79 Å². The summed E-state index contributed by atoms with van der Waals surface area (Å²) in [6, 6.07) is 0. The van der Waals surface area contributed by atoms with Crippen molar-refractivity contribution in [3.8, 4) is 0 Å². The van der Waals surface area contributed by atoms with Crippen molar-refractivity contribution in [1.29, 1.82) is 0 Å². The first-order valence-corrected chi connectivity index (χ1v) is 10.4. The van der Waals surface area contributed by atoms with Crippen LogP contribution in [0.5, 0.6) is 0 Å². The minimum atomic E-state index is -0.00536. The fourth-order valence-electron chi connectivity index (χ4n) is 4.62. The summed E-state index contributed by atoms with van der Waals surface area (Å²) >= 11 is 2.53. The quantitative estimate of drug-likeness (QED) is 0.394. The van der Waals surface area contributed by atoms with Crippen LogP contribution in [0.4, 0.5) is 0 Å². The van der Waals surface area contributed by atoms with Crippen LogP contribution in [0.15, 0.2) is 0 Å². The zero-order valence-electron chi connectivity index (χ0n) is 14.2. The molecule has 126 valence electrons. The standard InChI is InChI=1S/C18H31IN2O/c1-14(19)20-10-4-15(5-11-20)16-6-12-21(13-7-16)17(22)18(2)8-3-9-18/h14-16H,3-13H2,1-2H3. The average molecular weight is 418 g/mol. The van der Waals surface area contributed by atoms with E-state index in [-0.39, 0.29) is 5.41 Å². The molecule has 0 aromatic carbocycles. The Balaban J connectivity index is 1.45. The number of hydrogen-bond acceptors (Lipinski definition) is 2. The van der Waals surface area contributed by atoms with Crippen molar-refractivity contribution < 1.29 is 4.79 Å². The molecule has 0 spiro atoms. The summed E-state index contributed by atoms with van der Waals surface area (Å²) < 4.78 is 0.668. The van der Waals surface area contributed by atoms with E-state index in [4.69, 9.17) is 0 Å². The zero-order chi connectivity index (χ0) is 15.7. The molecular formula is C18H31IN2O. The lowest BCUT2D eigenvalue weighted by Crippen LogP contribution is -2.50. The Morgan fingerprint density at radius 3 is 1.95 bits per heavy atom. The van der Waals surface area contributed by atoms with Crippen molar-refractivity contribution in [2.24, 2.45) is 17.3 Å². The maximum absolute atomic E-state index is 12.6. The molecule has 0 radical (unpaired) electrons. The number of carbonyl (C=O) groups excluding carboxylic acids is 1. The van der Waals surface area contributed by atoms with Crippen LogP contribution < -0.4 is 0 Å². The number of alkyl halides is 1. The Labute approximate surface area is 149 Å². The molecule has 1 amide bonds. The van der Waals surface area contributed by atoms with Crippen LogP contribution in [0, 0.1) is 17.3 Å². The van der Waals surface area contributed by atoms with Gasteiger partial charge in [0.15, 0.2) is 0 Å². The molecule has 0 aromatic heterocycles. The second-order valence-corrected chi connectivity index (χ2v) is 9.79. The number of carbonyl (C=O) groups is 1. The Morgan fingerprint density at radius 2 is 1.55 bits per heavy atom. The van der Waals surface area contributed by atoms with Crippen LogP contribution in [0.25, 0.3) is 0 Å². The Morgan fingerprint density at radius 1 is 1.05 bits per heavy atom. The maximum atomic E-state index is 12.6. The molecule has 22 heavy (non-hydrogen) atoms. The van der Waals surface area contributed by atoms with Crippen molar-refractivity contribution in [3.63, 3.8) is 0 Å². The summed E-state index contributed by atoms with van der Waals surface area (Å²) in [7, 11) is 0. The van der Waals surface area contributed by atoms with Crippen LogP contribution in [-0.4, -0.2) is 45.9 Å². The van der Waals surface area contributed by atoms with Crippen LogP contribution in [0.3, 0.4) is 0 Å². The van der Waals surface area contributed by atoms with Gasteiger partial charge < -0.3 is 4.90 Å². The summed E-state index contributed by atoms with van der Waals surface area (Å²) in [4.78, 5) is 17.4. The molecule has 3 fully saturated rings. The van der Waals surface area contributed by atoms with Crippen LogP contribution in [0.1, 0.15) is 58.8 Å². The number of likely N-dealkylation sites (tertiary alicyclic amines) is 2. The predicted octanol–water partition coefficient (Wildman–Crippen LogP) is 3.91. The minimum Gasteiger partial charge on any atom is -0.342 e. The first-order chi connectivity index (χ1) is 10.5. The van der Waals surface area contributed by atoms with E-state index in [0.29, 0.717) is 9.96 Å². The third kappa shape index (κ3) is 3.47. The Bertz CT molecular complexity index is 392. The zero-order valence-corrected chi connectivity index (χ0v) is 16.3. The van der Waals surface area contributed by atoms with Gasteiger partial charge in [0.1, 0.15) is 0 Å². The molecule has 2 saturated heterocycles. The molecule has 2 heterocycles. The smallest absolute Gasteiger partial charge is 0.228 e. The third-order valence-electron chi connectivity index (χ3n) is 6.54. The van der Waals surface area contributed by atoms with E-state index in [1.807, 2.05) is 0 Å². The average Bonchev–Trinajstić information content (AvgIpc) is 2.52. The molecule has 1 unspecified atom stereocenters. The Hall–Kier alpha value is 0.160. The van der Waals surface area contributed by atoms with E-state index in [1.165, 1.54) is 45.2 Å². The summed E-state index contributed by atoms with van der Waals surface area (Å²) in [5.41, 5.74) is -0.00536. The molecule has 2 aliphatic heterocycles. The molecule has 1 saturated carbocycles. The predicted molar refractivity (Wildman–Crippen MR) is 99.0 cm³/mol. The number of rotatable bonds is 3. The highest BCUT2D eigenvalue weighted by Gasteiger charge is 2.43. The minimum absolute atomic E-state index is 0.00536. The number of piperidine rings is 2. The largest absolute Gasteiger partial charge is 0.342 e. The van der Waals surface area contributed by atoms with E-state index in [2.05, 4.69) is 46.2 Å². The van der Waals surface area contributed by atoms with Gasteiger partial charge in [-0.3, -0.25) is 9.69 Å². The third-order valence-corrected chi connectivity index (χ3v) is 7.33. The van der Waals surface area contributed by atoms with Gasteiger partial charge in [0.25, 0.3) is 0 Å². The monoisotopic (exact) mass is 418 g/mol. The summed E-state index contributed by atoms with van der Waals surface area (Å²) in [5.74, 6) is 2.22. The van der Waals surface area contributed by atoms with Crippen molar-refractivity contribution >= 4 is 28.5 Å². The first kappa shape index (κ1) is 17.0. The molecule has 3 rings (SSSR count). The topological polar surface area (TPSA) is 23.6 Å². The van der Waals surface area contributed by atoms with E-state index >= 15 is 0 Å². The van der Waals surface area contributed by atoms with Gasteiger partial charge in [-0.05, 0) is 70.4 Å². The SMILES string of the molecule is CC(I)N1CCC(C2CCN(C(=O)C3(C)CCC3)CC2)CC1. The normalized spacial score (nSPS) is 29.1. The Kier molecular flexibility index (Phi) is 5.38. The highest BCUT2D eigenvalue weighted by Crippen LogP contribution is 2.43. The van der Waals surface area contributed by atoms with E-state index < -0.39 is 0 Å². The first-order valence-electron chi connectivity index (χ1n) is 9.17. The fraction of sp³-hybridized carbons (Fsp3) is 0.944. The maximum Gasteiger partial charge on any atom is 0.228 e. The number of hydrogen-bond donors (Lipinski definition) is 0. The molecule has 3 aliphatic rings. The van der Waals surface area contributed by atoms with E-state index in [9.17, 15) is 4.79 Å². The van der Waals surface area contributed by atoms with Gasteiger partial charge in [-0.2, -0.15) is 0 Å². The molecule has 0 aromatic rings. The van der Waals surface area contributed by atoms with Gasteiger partial charge in [-0.1, -0.05) is 35.9 Å². The molecule has 0 bridgehead atoms. The van der Waals surface area contributed by atoms with Gasteiger partial charge in [-0.25, -0.2) is 0 Å². The van der Waals surface area contributed by atoms with Crippen molar-refractivity contribution in [2.75, 3.05) is 26.2 Å². The fourth-order valence-corrected chi connectivity index (χ4v) is 5.18. The lowest BCUT2D eigenvalue weighted by Gasteiger charge is -2.45.